The predicted octanol–water partition coefficient (Wildman–Crippen LogP) is 0.288. The third-order valence-electron chi connectivity index (χ3n) is 8.26. The van der Waals surface area contributed by atoms with Gasteiger partial charge in [-0.1, -0.05) is 12.1 Å². The molecule has 4 atom stereocenters. The Bertz CT molecular complexity index is 1340. The lowest BCUT2D eigenvalue weighted by molar-refractivity contribution is 0.0423. The number of hydrogen-bond donors (Lipinski definition) is 4. The van der Waals surface area contributed by atoms with Crippen molar-refractivity contribution in [2.24, 2.45) is 5.41 Å². The van der Waals surface area contributed by atoms with Crippen LogP contribution in [0.5, 0.6) is 17.2 Å². The van der Waals surface area contributed by atoms with Crippen LogP contribution in [0.25, 0.3) is 0 Å². The molecule has 0 radical (unpaired) electrons. The fourth-order valence-electron chi connectivity index (χ4n) is 6.28. The van der Waals surface area contributed by atoms with Gasteiger partial charge in [-0.15, -0.1) is 0 Å². The minimum absolute atomic E-state index is 0.0228. The van der Waals surface area contributed by atoms with Crippen LogP contribution in [0.1, 0.15) is 18.4 Å². The Kier molecular flexibility index (Phi) is 8.02. The molecule has 224 valence electrons. The van der Waals surface area contributed by atoms with Gasteiger partial charge >= 0.3 is 0 Å². The molecule has 13 heteroatoms. The number of aliphatic hydroxyl groups excluding tert-OH is 3. The summed E-state index contributed by atoms with van der Waals surface area (Å²) in [6.07, 6.45) is -2.39. The fraction of sp³-hybridized carbons (Fsp3) is 0.571. The van der Waals surface area contributed by atoms with E-state index in [0.717, 1.165) is 11.3 Å². The first-order valence-electron chi connectivity index (χ1n) is 13.9. The van der Waals surface area contributed by atoms with Crippen molar-refractivity contribution in [1.29, 1.82) is 0 Å². The van der Waals surface area contributed by atoms with Crippen molar-refractivity contribution >= 4 is 15.7 Å². The molecule has 4 aliphatic rings. The van der Waals surface area contributed by atoms with E-state index in [-0.39, 0.29) is 50.0 Å². The highest BCUT2D eigenvalue weighted by Crippen LogP contribution is 2.42. The number of para-hydroxylation sites is 1. The van der Waals surface area contributed by atoms with Crippen molar-refractivity contribution in [2.75, 3.05) is 64.2 Å². The molecule has 3 aliphatic heterocycles. The SMILES string of the molecule is O=S1(=O)NC[C@H](O)CN(Cc2cccc3c2OCO3)CC2(COc3cc(N4CCOCC4)ccc31)C[C@@H](O)[C@@H](O)C2. The first-order chi connectivity index (χ1) is 19.7. The van der Waals surface area contributed by atoms with Crippen molar-refractivity contribution in [2.45, 2.75) is 42.6 Å². The van der Waals surface area contributed by atoms with Crippen LogP contribution in [-0.4, -0.2) is 106 Å². The maximum Gasteiger partial charge on any atom is 0.244 e. The molecule has 1 saturated carbocycles. The second-order valence-electron chi connectivity index (χ2n) is 11.4. The zero-order valence-electron chi connectivity index (χ0n) is 22.8. The Labute approximate surface area is 239 Å². The summed E-state index contributed by atoms with van der Waals surface area (Å²) in [7, 11) is -4.02. The third-order valence-corrected chi connectivity index (χ3v) is 9.73. The van der Waals surface area contributed by atoms with Crippen LogP contribution in [-0.2, 0) is 21.3 Å². The van der Waals surface area contributed by atoms with Crippen LogP contribution in [0.15, 0.2) is 41.3 Å². The van der Waals surface area contributed by atoms with Crippen LogP contribution in [0.2, 0.25) is 0 Å². The number of morpholine rings is 1. The van der Waals surface area contributed by atoms with Crippen LogP contribution >= 0.6 is 0 Å². The van der Waals surface area contributed by atoms with Gasteiger partial charge in [-0.2, -0.15) is 0 Å². The molecule has 1 saturated heterocycles. The number of ether oxygens (including phenoxy) is 4. The molecule has 2 fully saturated rings. The number of sulfonamides is 1. The molecule has 4 N–H and O–H groups in total. The fourth-order valence-corrected chi connectivity index (χ4v) is 7.47. The molecule has 1 aliphatic carbocycles. The molecule has 12 nitrogen and oxygen atoms in total. The van der Waals surface area contributed by atoms with Crippen LogP contribution < -0.4 is 23.8 Å². The van der Waals surface area contributed by atoms with E-state index in [9.17, 15) is 23.7 Å². The lowest BCUT2D eigenvalue weighted by Gasteiger charge is -2.37. The molecular formula is C28H37N3O9S. The van der Waals surface area contributed by atoms with E-state index in [1.54, 1.807) is 12.1 Å². The van der Waals surface area contributed by atoms with E-state index in [4.69, 9.17) is 18.9 Å². The van der Waals surface area contributed by atoms with Gasteiger partial charge in [-0.25, -0.2) is 13.1 Å². The zero-order chi connectivity index (χ0) is 28.6. The summed E-state index contributed by atoms with van der Waals surface area (Å²) in [5.41, 5.74) is 0.962. The summed E-state index contributed by atoms with van der Waals surface area (Å²) < 4.78 is 52.4. The minimum Gasteiger partial charge on any atom is -0.491 e. The van der Waals surface area contributed by atoms with E-state index in [1.165, 1.54) is 6.07 Å². The maximum absolute atomic E-state index is 13.4. The highest BCUT2D eigenvalue weighted by molar-refractivity contribution is 7.89. The molecule has 0 amide bonds. The summed E-state index contributed by atoms with van der Waals surface area (Å²) in [4.78, 5) is 4.08. The molecule has 2 aromatic carbocycles. The van der Waals surface area contributed by atoms with Crippen LogP contribution in [0, 0.1) is 5.41 Å². The minimum atomic E-state index is -4.02. The molecule has 1 unspecified atom stereocenters. The second-order valence-corrected chi connectivity index (χ2v) is 13.1. The van der Waals surface area contributed by atoms with Gasteiger partial charge in [0.2, 0.25) is 16.8 Å². The summed E-state index contributed by atoms with van der Waals surface area (Å²) in [5, 5.41) is 32.2. The highest BCUT2D eigenvalue weighted by atomic mass is 32.2. The normalized spacial score (nSPS) is 30.3. The summed E-state index contributed by atoms with van der Waals surface area (Å²) in [6.45, 7) is 3.39. The quantitative estimate of drug-likeness (QED) is 0.390. The van der Waals surface area contributed by atoms with E-state index >= 15 is 0 Å². The van der Waals surface area contributed by atoms with Crippen molar-refractivity contribution < 1.29 is 42.7 Å². The number of hydrogen-bond acceptors (Lipinski definition) is 11. The standard InChI is InChI=1S/C28H37N3O9S/c32-21-13-29-41(35,36)26-5-4-20(31-6-8-37-9-7-31)10-25(26)38-17-28(11-22(33)23(34)12-28)16-30(15-21)14-19-2-1-3-24-27(19)40-18-39-24/h1-5,10,21-23,29,32-34H,6-9,11-18H2/t21-,22-,23+,28?/m0/s1. The number of β-amino-alcohol motifs (C(OH)–C–C–N with tert-alkyl or cyclic N) is 1. The van der Waals surface area contributed by atoms with Crippen molar-refractivity contribution in [3.05, 3.63) is 42.0 Å². The molecule has 0 aromatic heterocycles. The topological polar surface area (TPSA) is 150 Å². The Hall–Kier alpha value is -2.65. The van der Waals surface area contributed by atoms with Gasteiger partial charge in [0.25, 0.3) is 0 Å². The highest BCUT2D eigenvalue weighted by Gasteiger charge is 2.46. The Balaban J connectivity index is 1.34. The average molecular weight is 592 g/mol. The van der Waals surface area contributed by atoms with E-state index in [1.807, 2.05) is 23.1 Å². The lowest BCUT2D eigenvalue weighted by Crippen LogP contribution is -2.46. The number of benzene rings is 2. The number of nitrogens with zero attached hydrogens (tertiary/aromatic N) is 2. The van der Waals surface area contributed by atoms with E-state index < -0.39 is 33.8 Å². The number of anilines is 1. The van der Waals surface area contributed by atoms with Gasteiger partial charge in [0.05, 0.1) is 38.1 Å². The molecule has 1 spiro atoms. The zero-order valence-corrected chi connectivity index (χ0v) is 23.6. The maximum atomic E-state index is 13.4. The van der Waals surface area contributed by atoms with Crippen LogP contribution in [0.4, 0.5) is 5.69 Å². The van der Waals surface area contributed by atoms with Gasteiger partial charge < -0.3 is 39.2 Å². The van der Waals surface area contributed by atoms with Crippen molar-refractivity contribution in [3.63, 3.8) is 0 Å². The van der Waals surface area contributed by atoms with Crippen LogP contribution in [0.3, 0.4) is 0 Å². The van der Waals surface area contributed by atoms with E-state index in [0.29, 0.717) is 50.9 Å². The molecule has 0 bridgehead atoms. The predicted molar refractivity (Wildman–Crippen MR) is 148 cm³/mol. The molecule has 6 rings (SSSR count). The van der Waals surface area contributed by atoms with Gasteiger partial charge in [-0.3, -0.25) is 4.90 Å². The number of rotatable bonds is 3. The number of fused-ring (bicyclic) bond motifs is 2. The monoisotopic (exact) mass is 591 g/mol. The largest absolute Gasteiger partial charge is 0.491 e. The van der Waals surface area contributed by atoms with Gasteiger partial charge in [0.1, 0.15) is 10.6 Å². The Morgan fingerprint density at radius 3 is 2.54 bits per heavy atom. The molecular weight excluding hydrogens is 554 g/mol. The van der Waals surface area contributed by atoms with Crippen molar-refractivity contribution in [3.8, 4) is 17.2 Å². The lowest BCUT2D eigenvalue weighted by atomic mass is 9.85. The third kappa shape index (κ3) is 6.12. The summed E-state index contributed by atoms with van der Waals surface area (Å²) in [5.74, 6) is 1.46. The summed E-state index contributed by atoms with van der Waals surface area (Å²) >= 11 is 0. The molecule has 2 aromatic rings. The summed E-state index contributed by atoms with van der Waals surface area (Å²) in [6, 6.07) is 10.6. The first-order valence-corrected chi connectivity index (χ1v) is 15.4. The number of nitrogens with one attached hydrogen (secondary N) is 1. The first kappa shape index (κ1) is 28.5. The van der Waals surface area contributed by atoms with E-state index in [2.05, 4.69) is 9.62 Å². The van der Waals surface area contributed by atoms with Gasteiger partial charge in [0.15, 0.2) is 11.5 Å². The molecule has 3 heterocycles. The van der Waals surface area contributed by atoms with Gasteiger partial charge in [0, 0.05) is 62.0 Å². The Morgan fingerprint density at radius 1 is 0.976 bits per heavy atom. The average Bonchev–Trinajstić information content (AvgIpc) is 3.55. The second kappa shape index (κ2) is 11.6. The smallest absolute Gasteiger partial charge is 0.244 e. The number of aliphatic hydroxyl groups is 3. The Morgan fingerprint density at radius 2 is 1.76 bits per heavy atom. The van der Waals surface area contributed by atoms with Gasteiger partial charge in [-0.05, 0) is 31.0 Å². The van der Waals surface area contributed by atoms with Crippen molar-refractivity contribution in [1.82, 2.24) is 9.62 Å². The molecule has 41 heavy (non-hydrogen) atoms.